The molecule has 204 valence electrons. The number of rotatable bonds is 7. The van der Waals surface area contributed by atoms with Crippen LogP contribution in [0.3, 0.4) is 0 Å². The zero-order valence-electron chi connectivity index (χ0n) is 22.5. The number of benzene rings is 1. The van der Waals surface area contributed by atoms with Gasteiger partial charge in [-0.15, -0.1) is 0 Å². The molecule has 37 heavy (non-hydrogen) atoms. The number of nitrogens with one attached hydrogen (secondary N) is 2. The van der Waals surface area contributed by atoms with E-state index in [2.05, 4.69) is 10.6 Å². The van der Waals surface area contributed by atoms with Gasteiger partial charge in [0.05, 0.1) is 7.11 Å². The van der Waals surface area contributed by atoms with E-state index in [9.17, 15) is 19.2 Å². The first-order valence-electron chi connectivity index (χ1n) is 13.0. The van der Waals surface area contributed by atoms with Crippen molar-refractivity contribution >= 4 is 23.8 Å². The molecular formula is C27H40N4O6. The molecule has 4 amide bonds. The first-order chi connectivity index (χ1) is 17.5. The van der Waals surface area contributed by atoms with Crippen LogP contribution >= 0.6 is 0 Å². The van der Waals surface area contributed by atoms with E-state index in [1.54, 1.807) is 39.7 Å². The predicted molar refractivity (Wildman–Crippen MR) is 138 cm³/mol. The highest BCUT2D eigenvalue weighted by molar-refractivity contribution is 5.89. The van der Waals surface area contributed by atoms with E-state index in [1.165, 1.54) is 4.90 Å². The highest BCUT2D eigenvalue weighted by atomic mass is 16.6. The molecule has 0 radical (unpaired) electrons. The van der Waals surface area contributed by atoms with Crippen LogP contribution in [0.4, 0.5) is 4.79 Å². The fourth-order valence-corrected chi connectivity index (χ4v) is 4.72. The number of carbonyl (C=O) groups excluding carboxylic acids is 4. The normalized spacial score (nSPS) is 19.2. The Labute approximate surface area is 219 Å². The number of piperidine rings is 1. The Bertz CT molecular complexity index is 983. The molecule has 2 saturated heterocycles. The van der Waals surface area contributed by atoms with Gasteiger partial charge in [0.25, 0.3) is 0 Å². The van der Waals surface area contributed by atoms with E-state index in [-0.39, 0.29) is 23.6 Å². The lowest BCUT2D eigenvalue weighted by Crippen LogP contribution is -2.52. The summed E-state index contributed by atoms with van der Waals surface area (Å²) in [5.41, 5.74) is 0.225. The quantitative estimate of drug-likeness (QED) is 0.575. The van der Waals surface area contributed by atoms with Gasteiger partial charge in [-0.05, 0) is 59.4 Å². The van der Waals surface area contributed by atoms with Crippen LogP contribution in [0, 0.1) is 5.92 Å². The summed E-state index contributed by atoms with van der Waals surface area (Å²) in [6, 6.07) is 6.21. The van der Waals surface area contributed by atoms with Crippen LogP contribution in [0.15, 0.2) is 24.3 Å². The summed E-state index contributed by atoms with van der Waals surface area (Å²) in [7, 11) is 1.58. The van der Waals surface area contributed by atoms with E-state index in [1.807, 2.05) is 24.3 Å². The van der Waals surface area contributed by atoms with Crippen molar-refractivity contribution in [3.05, 3.63) is 29.8 Å². The summed E-state index contributed by atoms with van der Waals surface area (Å²) in [6.07, 6.45) is 1.92. The smallest absolute Gasteiger partial charge is 0.410 e. The number of ether oxygens (including phenoxy) is 2. The molecule has 0 bridgehead atoms. The number of carbonyl (C=O) groups is 4. The van der Waals surface area contributed by atoms with Crippen molar-refractivity contribution in [3.63, 3.8) is 0 Å². The topological polar surface area (TPSA) is 117 Å². The van der Waals surface area contributed by atoms with Crippen molar-refractivity contribution in [2.75, 3.05) is 26.7 Å². The van der Waals surface area contributed by atoms with Gasteiger partial charge in [0.2, 0.25) is 17.7 Å². The molecule has 0 unspecified atom stereocenters. The summed E-state index contributed by atoms with van der Waals surface area (Å²) in [5.74, 6) is -0.156. The van der Waals surface area contributed by atoms with Gasteiger partial charge < -0.3 is 25.0 Å². The van der Waals surface area contributed by atoms with Crippen molar-refractivity contribution in [1.29, 1.82) is 0 Å². The Morgan fingerprint density at radius 2 is 1.73 bits per heavy atom. The number of methoxy groups -OCH3 is 1. The van der Waals surface area contributed by atoms with Gasteiger partial charge in [-0.1, -0.05) is 18.2 Å². The Hall–Kier alpha value is -3.30. The second-order valence-electron chi connectivity index (χ2n) is 10.7. The molecule has 1 aromatic carbocycles. The van der Waals surface area contributed by atoms with Gasteiger partial charge in [0.15, 0.2) is 0 Å². The van der Waals surface area contributed by atoms with Crippen molar-refractivity contribution in [2.24, 2.45) is 5.92 Å². The third kappa shape index (κ3) is 7.60. The Kier molecular flexibility index (Phi) is 9.39. The predicted octanol–water partition coefficient (Wildman–Crippen LogP) is 2.45. The van der Waals surface area contributed by atoms with Crippen LogP contribution in [0.1, 0.15) is 58.9 Å². The van der Waals surface area contributed by atoms with E-state index < -0.39 is 23.8 Å². The van der Waals surface area contributed by atoms with Gasteiger partial charge in [-0.2, -0.15) is 0 Å². The van der Waals surface area contributed by atoms with Crippen molar-refractivity contribution < 1.29 is 28.7 Å². The average Bonchev–Trinajstić information content (AvgIpc) is 3.36. The van der Waals surface area contributed by atoms with E-state index in [0.29, 0.717) is 51.2 Å². The second-order valence-corrected chi connectivity index (χ2v) is 10.7. The molecule has 0 spiro atoms. The largest absolute Gasteiger partial charge is 0.496 e. The molecule has 2 aliphatic rings. The summed E-state index contributed by atoms with van der Waals surface area (Å²) in [6.45, 7) is 8.73. The zero-order valence-corrected chi connectivity index (χ0v) is 22.5. The summed E-state index contributed by atoms with van der Waals surface area (Å²) in [4.78, 5) is 54.3. The monoisotopic (exact) mass is 516 g/mol. The Morgan fingerprint density at radius 1 is 1.05 bits per heavy atom. The molecule has 2 fully saturated rings. The maximum Gasteiger partial charge on any atom is 0.410 e. The third-order valence-electron chi connectivity index (χ3n) is 6.74. The SMILES string of the molecule is COc1ccccc1CNC(=O)[C@H](C)NC(=O)C1CCN(C(=O)[C@H]2CCCN2C(=O)OC(C)(C)C)CC1. The molecule has 2 aliphatic heterocycles. The van der Waals surface area contributed by atoms with Gasteiger partial charge >= 0.3 is 6.09 Å². The van der Waals surface area contributed by atoms with Crippen LogP contribution in [-0.4, -0.2) is 78.0 Å². The van der Waals surface area contributed by atoms with E-state index >= 15 is 0 Å². The van der Waals surface area contributed by atoms with Crippen molar-refractivity contribution in [1.82, 2.24) is 20.4 Å². The van der Waals surface area contributed by atoms with E-state index in [0.717, 1.165) is 12.0 Å². The lowest BCUT2D eigenvalue weighted by molar-refractivity contribution is -0.139. The number of hydrogen-bond donors (Lipinski definition) is 2. The molecule has 2 heterocycles. The van der Waals surface area contributed by atoms with Crippen LogP contribution in [0.5, 0.6) is 5.75 Å². The lowest BCUT2D eigenvalue weighted by Gasteiger charge is -2.35. The van der Waals surface area contributed by atoms with Crippen LogP contribution < -0.4 is 15.4 Å². The minimum Gasteiger partial charge on any atom is -0.496 e. The Balaban J connectivity index is 1.45. The molecule has 0 aliphatic carbocycles. The number of para-hydroxylation sites is 1. The molecule has 3 rings (SSSR count). The van der Waals surface area contributed by atoms with Crippen molar-refractivity contribution in [2.45, 2.75) is 77.6 Å². The third-order valence-corrected chi connectivity index (χ3v) is 6.74. The molecule has 2 atom stereocenters. The Morgan fingerprint density at radius 3 is 2.38 bits per heavy atom. The number of nitrogens with zero attached hydrogens (tertiary/aromatic N) is 2. The minimum atomic E-state index is -0.692. The maximum absolute atomic E-state index is 13.2. The molecule has 0 aromatic heterocycles. The van der Waals surface area contributed by atoms with Gasteiger partial charge in [0, 0.05) is 37.7 Å². The summed E-state index contributed by atoms with van der Waals surface area (Å²) < 4.78 is 10.8. The standard InChI is InChI=1S/C27H40N4O6/c1-18(23(32)28-17-20-9-6-7-11-22(20)36-5)29-24(33)19-12-15-30(16-13-19)25(34)21-10-8-14-31(21)26(35)37-27(2,3)4/h6-7,9,11,18-19,21H,8,10,12-17H2,1-5H3,(H,28,32)(H,29,33)/t18-,21+/m0/s1. The first-order valence-corrected chi connectivity index (χ1v) is 13.0. The fourth-order valence-electron chi connectivity index (χ4n) is 4.72. The van der Waals surface area contributed by atoms with E-state index in [4.69, 9.17) is 9.47 Å². The highest BCUT2D eigenvalue weighted by Gasteiger charge is 2.40. The number of hydrogen-bond acceptors (Lipinski definition) is 6. The lowest BCUT2D eigenvalue weighted by atomic mass is 9.95. The molecule has 0 saturated carbocycles. The summed E-state index contributed by atoms with van der Waals surface area (Å²) in [5, 5.41) is 5.64. The molecule has 2 N–H and O–H groups in total. The molecular weight excluding hydrogens is 476 g/mol. The average molecular weight is 517 g/mol. The minimum absolute atomic E-state index is 0.0914. The second kappa shape index (κ2) is 12.3. The van der Waals surface area contributed by atoms with Crippen LogP contribution in [-0.2, 0) is 25.7 Å². The number of likely N-dealkylation sites (tertiary alicyclic amines) is 2. The van der Waals surface area contributed by atoms with Crippen LogP contribution in [0.2, 0.25) is 0 Å². The van der Waals surface area contributed by atoms with Crippen LogP contribution in [0.25, 0.3) is 0 Å². The zero-order chi connectivity index (χ0) is 27.2. The highest BCUT2D eigenvalue weighted by Crippen LogP contribution is 2.25. The molecule has 10 nitrogen and oxygen atoms in total. The van der Waals surface area contributed by atoms with Crippen molar-refractivity contribution in [3.8, 4) is 5.75 Å². The molecule has 10 heteroatoms. The molecule has 1 aromatic rings. The van der Waals surface area contributed by atoms with Gasteiger partial charge in [-0.3, -0.25) is 19.3 Å². The summed E-state index contributed by atoms with van der Waals surface area (Å²) >= 11 is 0. The van der Waals surface area contributed by atoms with Gasteiger partial charge in [0.1, 0.15) is 23.4 Å². The maximum atomic E-state index is 13.2. The first kappa shape index (κ1) is 28.3. The van der Waals surface area contributed by atoms with Gasteiger partial charge in [-0.25, -0.2) is 4.79 Å². The fraction of sp³-hybridized carbons (Fsp3) is 0.630. The number of amides is 4.